The number of nitrogens with zero attached hydrogens (tertiary/aromatic N) is 4. The summed E-state index contributed by atoms with van der Waals surface area (Å²) in [4.78, 5) is 0. The lowest BCUT2D eigenvalue weighted by Gasteiger charge is -2.07. The fourth-order valence-corrected chi connectivity index (χ4v) is 1.73. The Balaban J connectivity index is 2.55. The average molecular weight is 268 g/mol. The summed E-state index contributed by atoms with van der Waals surface area (Å²) in [6.45, 7) is 1.85. The smallest absolute Gasteiger partial charge is 0.173 e. The SMILES string of the molecule is C[C@H](N)c1nnnn1-c1ccccc1Br. The van der Waals surface area contributed by atoms with Crippen molar-refractivity contribution in [2.24, 2.45) is 5.73 Å². The fraction of sp³-hybridized carbons (Fsp3) is 0.222. The maximum absolute atomic E-state index is 5.77. The number of aromatic nitrogens is 4. The molecule has 1 aromatic carbocycles. The normalized spacial score (nSPS) is 12.7. The van der Waals surface area contributed by atoms with Crippen molar-refractivity contribution in [3.05, 3.63) is 34.6 Å². The molecule has 1 atom stereocenters. The van der Waals surface area contributed by atoms with Crippen LogP contribution in [0.1, 0.15) is 18.8 Å². The molecule has 5 nitrogen and oxygen atoms in total. The van der Waals surface area contributed by atoms with E-state index < -0.39 is 0 Å². The zero-order chi connectivity index (χ0) is 10.8. The molecule has 0 aliphatic rings. The second-order valence-electron chi connectivity index (χ2n) is 3.19. The topological polar surface area (TPSA) is 69.6 Å². The quantitative estimate of drug-likeness (QED) is 0.894. The lowest BCUT2D eigenvalue weighted by atomic mass is 10.3. The molecule has 0 saturated heterocycles. The van der Waals surface area contributed by atoms with Gasteiger partial charge in [-0.3, -0.25) is 0 Å². The van der Waals surface area contributed by atoms with Crippen LogP contribution in [0.2, 0.25) is 0 Å². The molecule has 2 aromatic rings. The van der Waals surface area contributed by atoms with Crippen molar-refractivity contribution in [2.75, 3.05) is 0 Å². The van der Waals surface area contributed by atoms with E-state index in [2.05, 4.69) is 31.5 Å². The average Bonchev–Trinajstić information content (AvgIpc) is 2.67. The summed E-state index contributed by atoms with van der Waals surface area (Å²) < 4.78 is 2.56. The van der Waals surface area contributed by atoms with Gasteiger partial charge in [0.2, 0.25) is 0 Å². The molecule has 0 spiro atoms. The highest BCUT2D eigenvalue weighted by atomic mass is 79.9. The lowest BCUT2D eigenvalue weighted by molar-refractivity contribution is 0.687. The molecule has 2 rings (SSSR count). The van der Waals surface area contributed by atoms with Gasteiger partial charge in [-0.2, -0.15) is 4.68 Å². The highest BCUT2D eigenvalue weighted by Gasteiger charge is 2.13. The molecule has 0 fully saturated rings. The van der Waals surface area contributed by atoms with Crippen LogP contribution >= 0.6 is 15.9 Å². The van der Waals surface area contributed by atoms with Crippen LogP contribution in [-0.2, 0) is 0 Å². The fourth-order valence-electron chi connectivity index (χ4n) is 1.27. The van der Waals surface area contributed by atoms with Crippen LogP contribution in [0.15, 0.2) is 28.7 Å². The minimum atomic E-state index is -0.202. The third-order valence-electron chi connectivity index (χ3n) is 1.98. The largest absolute Gasteiger partial charge is 0.321 e. The van der Waals surface area contributed by atoms with Crippen molar-refractivity contribution >= 4 is 15.9 Å². The Labute approximate surface area is 95.4 Å². The first-order valence-corrected chi connectivity index (χ1v) is 5.28. The minimum absolute atomic E-state index is 0.202. The van der Waals surface area contributed by atoms with Crippen LogP contribution in [0.3, 0.4) is 0 Å². The first-order chi connectivity index (χ1) is 7.20. The highest BCUT2D eigenvalue weighted by molar-refractivity contribution is 9.10. The van der Waals surface area contributed by atoms with E-state index in [0.717, 1.165) is 10.2 Å². The number of rotatable bonds is 2. The molecule has 0 radical (unpaired) electrons. The predicted molar refractivity (Wildman–Crippen MR) is 59.5 cm³/mol. The van der Waals surface area contributed by atoms with E-state index in [1.54, 1.807) is 4.68 Å². The standard InChI is InChI=1S/C9H10BrN5/c1-6(11)9-12-13-14-15(9)8-5-3-2-4-7(8)10/h2-6H,11H2,1H3/t6-/m0/s1. The third kappa shape index (κ3) is 1.91. The van der Waals surface area contributed by atoms with Crippen molar-refractivity contribution in [3.8, 4) is 5.69 Å². The number of halogens is 1. The summed E-state index contributed by atoms with van der Waals surface area (Å²) in [6, 6.07) is 7.51. The zero-order valence-corrected chi connectivity index (χ0v) is 9.72. The molecule has 78 valence electrons. The van der Waals surface area contributed by atoms with Gasteiger partial charge in [-0.1, -0.05) is 12.1 Å². The van der Waals surface area contributed by atoms with Gasteiger partial charge in [0, 0.05) is 4.47 Å². The Hall–Kier alpha value is -1.27. The number of para-hydroxylation sites is 1. The monoisotopic (exact) mass is 267 g/mol. The van der Waals surface area contributed by atoms with Gasteiger partial charge in [-0.25, -0.2) is 0 Å². The summed E-state index contributed by atoms with van der Waals surface area (Å²) in [5, 5.41) is 11.4. The number of nitrogens with two attached hydrogens (primary N) is 1. The molecule has 0 aliphatic heterocycles. The van der Waals surface area contributed by atoms with Crippen LogP contribution in [0.4, 0.5) is 0 Å². The Morgan fingerprint density at radius 1 is 1.40 bits per heavy atom. The van der Waals surface area contributed by atoms with Gasteiger partial charge in [0.1, 0.15) is 0 Å². The van der Waals surface area contributed by atoms with E-state index >= 15 is 0 Å². The minimum Gasteiger partial charge on any atom is -0.321 e. The number of hydrogen-bond donors (Lipinski definition) is 1. The van der Waals surface area contributed by atoms with Crippen molar-refractivity contribution in [2.45, 2.75) is 13.0 Å². The maximum atomic E-state index is 5.77. The summed E-state index contributed by atoms with van der Waals surface area (Å²) in [7, 11) is 0. The van der Waals surface area contributed by atoms with Gasteiger partial charge in [0.25, 0.3) is 0 Å². The molecule has 1 aromatic heterocycles. The van der Waals surface area contributed by atoms with Crippen molar-refractivity contribution in [1.82, 2.24) is 20.2 Å². The van der Waals surface area contributed by atoms with Crippen LogP contribution < -0.4 is 5.73 Å². The van der Waals surface area contributed by atoms with Crippen LogP contribution in [0.5, 0.6) is 0 Å². The number of benzene rings is 1. The zero-order valence-electron chi connectivity index (χ0n) is 8.13. The van der Waals surface area contributed by atoms with Crippen LogP contribution in [0.25, 0.3) is 5.69 Å². The molecule has 15 heavy (non-hydrogen) atoms. The Morgan fingerprint density at radius 3 is 2.80 bits per heavy atom. The number of hydrogen-bond acceptors (Lipinski definition) is 4. The molecule has 0 unspecified atom stereocenters. The molecule has 6 heteroatoms. The van der Waals surface area contributed by atoms with E-state index in [1.165, 1.54) is 0 Å². The summed E-state index contributed by atoms with van der Waals surface area (Å²) >= 11 is 3.44. The molecule has 0 bridgehead atoms. The lowest BCUT2D eigenvalue weighted by Crippen LogP contribution is -2.13. The second kappa shape index (κ2) is 4.08. The summed E-state index contributed by atoms with van der Waals surface area (Å²) in [6.07, 6.45) is 0. The highest BCUT2D eigenvalue weighted by Crippen LogP contribution is 2.21. The predicted octanol–water partition coefficient (Wildman–Crippen LogP) is 1.44. The van der Waals surface area contributed by atoms with E-state index in [4.69, 9.17) is 5.73 Å². The van der Waals surface area contributed by atoms with E-state index in [9.17, 15) is 0 Å². The van der Waals surface area contributed by atoms with Gasteiger partial charge in [-0.05, 0) is 45.4 Å². The molecule has 2 N–H and O–H groups in total. The van der Waals surface area contributed by atoms with Gasteiger partial charge in [-0.15, -0.1) is 5.10 Å². The Morgan fingerprint density at radius 2 is 2.13 bits per heavy atom. The number of tetrazole rings is 1. The van der Waals surface area contributed by atoms with Gasteiger partial charge < -0.3 is 5.73 Å². The molecule has 0 amide bonds. The Bertz CT molecular complexity index is 465. The van der Waals surface area contributed by atoms with Crippen LogP contribution in [-0.4, -0.2) is 20.2 Å². The summed E-state index contributed by atoms with van der Waals surface area (Å²) in [5.41, 5.74) is 6.65. The first kappa shape index (κ1) is 10.3. The van der Waals surface area contributed by atoms with Crippen molar-refractivity contribution in [3.63, 3.8) is 0 Å². The summed E-state index contributed by atoms with van der Waals surface area (Å²) in [5.74, 6) is 0.641. The third-order valence-corrected chi connectivity index (χ3v) is 2.65. The molecule has 1 heterocycles. The van der Waals surface area contributed by atoms with Crippen LogP contribution in [0, 0.1) is 0 Å². The van der Waals surface area contributed by atoms with Gasteiger partial charge in [0.05, 0.1) is 11.7 Å². The molecule has 0 saturated carbocycles. The van der Waals surface area contributed by atoms with Gasteiger partial charge in [0.15, 0.2) is 5.82 Å². The first-order valence-electron chi connectivity index (χ1n) is 4.49. The molecular formula is C9H10BrN5. The molecular weight excluding hydrogens is 258 g/mol. The van der Waals surface area contributed by atoms with E-state index in [1.807, 2.05) is 31.2 Å². The Kier molecular flexibility index (Phi) is 2.79. The van der Waals surface area contributed by atoms with Gasteiger partial charge >= 0.3 is 0 Å². The van der Waals surface area contributed by atoms with E-state index in [-0.39, 0.29) is 6.04 Å². The van der Waals surface area contributed by atoms with Crippen molar-refractivity contribution < 1.29 is 0 Å². The van der Waals surface area contributed by atoms with E-state index in [0.29, 0.717) is 5.82 Å². The maximum Gasteiger partial charge on any atom is 0.173 e. The van der Waals surface area contributed by atoms with Crippen molar-refractivity contribution in [1.29, 1.82) is 0 Å². The molecule has 0 aliphatic carbocycles. The second-order valence-corrected chi connectivity index (χ2v) is 4.04.